The molecule has 1 saturated carbocycles. The van der Waals surface area contributed by atoms with Gasteiger partial charge in [0, 0.05) is 42.2 Å². The SMILES string of the molecule is O=C(O[C@@H](Cc1ccncc1Cl)c1ccc(OC(F)F)c(OCC2CC2)c1)[C@@H]1SCCN1C(=O)c1cccc(-c2cnco2)c1. The molecule has 0 N–H and O–H groups in total. The van der Waals surface area contributed by atoms with E-state index in [1.807, 2.05) is 0 Å². The third kappa shape index (κ3) is 7.56. The van der Waals surface area contributed by atoms with Crippen molar-refractivity contribution in [3.8, 4) is 22.8 Å². The highest BCUT2D eigenvalue weighted by Gasteiger charge is 2.38. The van der Waals surface area contributed by atoms with Crippen LogP contribution in [-0.2, 0) is 16.0 Å². The molecule has 4 aromatic rings. The number of carbonyl (C=O) groups excluding carboxylic acids is 2. The van der Waals surface area contributed by atoms with Crippen LogP contribution in [0.15, 0.2) is 77.9 Å². The Morgan fingerprint density at radius 1 is 1.09 bits per heavy atom. The molecule has 6 rings (SSSR count). The topological polar surface area (TPSA) is 104 Å². The number of hydrogen-bond acceptors (Lipinski definition) is 9. The van der Waals surface area contributed by atoms with E-state index in [2.05, 4.69) is 9.97 Å². The van der Waals surface area contributed by atoms with Crippen LogP contribution in [0.4, 0.5) is 8.78 Å². The van der Waals surface area contributed by atoms with Gasteiger partial charge < -0.3 is 23.5 Å². The largest absolute Gasteiger partial charge is 0.489 e. The van der Waals surface area contributed by atoms with E-state index >= 15 is 0 Å². The van der Waals surface area contributed by atoms with Crippen molar-refractivity contribution in [3.05, 3.63) is 95.2 Å². The summed E-state index contributed by atoms with van der Waals surface area (Å²) in [6.45, 7) is -2.34. The lowest BCUT2D eigenvalue weighted by atomic mass is 10.0. The van der Waals surface area contributed by atoms with Crippen molar-refractivity contribution in [2.45, 2.75) is 37.4 Å². The van der Waals surface area contributed by atoms with Crippen LogP contribution in [0.2, 0.25) is 5.02 Å². The van der Waals surface area contributed by atoms with E-state index in [-0.39, 0.29) is 23.8 Å². The Bertz CT molecular complexity index is 1660. The highest BCUT2D eigenvalue weighted by Crippen LogP contribution is 2.38. The van der Waals surface area contributed by atoms with Crippen molar-refractivity contribution in [2.75, 3.05) is 18.9 Å². The molecule has 0 unspecified atom stereocenters. The van der Waals surface area contributed by atoms with Gasteiger partial charge in [0.05, 0.1) is 17.8 Å². The Balaban J connectivity index is 1.25. The number of benzene rings is 2. The van der Waals surface area contributed by atoms with Crippen LogP contribution in [0, 0.1) is 5.92 Å². The molecule has 2 aromatic heterocycles. The molecule has 45 heavy (non-hydrogen) atoms. The van der Waals surface area contributed by atoms with Crippen molar-refractivity contribution in [3.63, 3.8) is 0 Å². The smallest absolute Gasteiger partial charge is 0.387 e. The van der Waals surface area contributed by atoms with Gasteiger partial charge in [-0.2, -0.15) is 8.78 Å². The fraction of sp³-hybridized carbons (Fsp3) is 0.312. The predicted octanol–water partition coefficient (Wildman–Crippen LogP) is 6.82. The normalized spacial score (nSPS) is 16.9. The van der Waals surface area contributed by atoms with E-state index in [0.717, 1.165) is 12.8 Å². The zero-order chi connectivity index (χ0) is 31.3. The summed E-state index contributed by atoms with van der Waals surface area (Å²) >= 11 is 7.71. The fourth-order valence-corrected chi connectivity index (χ4v) is 6.22. The van der Waals surface area contributed by atoms with E-state index in [1.54, 1.807) is 54.9 Å². The molecule has 0 radical (unpaired) electrons. The van der Waals surface area contributed by atoms with Gasteiger partial charge in [-0.1, -0.05) is 29.8 Å². The van der Waals surface area contributed by atoms with Crippen LogP contribution in [0.3, 0.4) is 0 Å². The second-order valence-corrected chi connectivity index (χ2v) is 12.2. The molecule has 3 heterocycles. The van der Waals surface area contributed by atoms with Crippen molar-refractivity contribution in [1.82, 2.24) is 14.9 Å². The number of thioether (sulfide) groups is 1. The summed E-state index contributed by atoms with van der Waals surface area (Å²) in [5.74, 6) is 0.461. The molecule has 2 aromatic carbocycles. The number of amides is 1. The Labute approximate surface area is 266 Å². The van der Waals surface area contributed by atoms with Gasteiger partial charge in [-0.25, -0.2) is 9.78 Å². The van der Waals surface area contributed by atoms with Crippen LogP contribution in [0.1, 0.15) is 40.4 Å². The van der Waals surface area contributed by atoms with Crippen LogP contribution in [0.25, 0.3) is 11.3 Å². The maximum Gasteiger partial charge on any atom is 0.387 e. The number of esters is 1. The number of alkyl halides is 2. The molecule has 0 spiro atoms. The molecule has 1 aliphatic carbocycles. The van der Waals surface area contributed by atoms with Crippen molar-refractivity contribution in [2.24, 2.45) is 5.92 Å². The number of hydrogen-bond donors (Lipinski definition) is 0. The number of aromatic nitrogens is 2. The molecular formula is C32H28ClF2N3O6S. The number of halogens is 3. The molecule has 9 nitrogen and oxygen atoms in total. The Morgan fingerprint density at radius 3 is 2.71 bits per heavy atom. The quantitative estimate of drug-likeness (QED) is 0.152. The Hall–Kier alpha value is -4.16. The average Bonchev–Trinajstić information content (AvgIpc) is 3.47. The van der Waals surface area contributed by atoms with Gasteiger partial charge in [0.2, 0.25) is 0 Å². The van der Waals surface area contributed by atoms with Gasteiger partial charge in [0.15, 0.2) is 29.0 Å². The van der Waals surface area contributed by atoms with Gasteiger partial charge in [-0.05, 0) is 60.2 Å². The molecule has 13 heteroatoms. The number of carbonyl (C=O) groups is 2. The first-order valence-electron chi connectivity index (χ1n) is 14.3. The molecule has 234 valence electrons. The monoisotopic (exact) mass is 655 g/mol. The highest BCUT2D eigenvalue weighted by atomic mass is 35.5. The lowest BCUT2D eigenvalue weighted by Gasteiger charge is -2.26. The first-order chi connectivity index (χ1) is 21.9. The number of ether oxygens (including phenoxy) is 3. The minimum Gasteiger partial charge on any atom is -0.489 e. The summed E-state index contributed by atoms with van der Waals surface area (Å²) in [5, 5.41) is -0.533. The standard InChI is InChI=1S/C32H28ClF2N3O6S/c33-24-15-36-9-8-20(24)13-26(22-6-7-25(44-32(34)35)27(14-22)41-17-19-4-5-19)43-31(40)30-38(10-11-45-30)29(39)23-3-1-2-21(12-23)28-16-37-18-42-28/h1-3,6-9,12,14-16,18-19,26,30,32H,4-5,10-11,13,17H2/t26-,30-/m0/s1. The summed E-state index contributed by atoms with van der Waals surface area (Å²) in [6.07, 6.45) is 7.20. The van der Waals surface area contributed by atoms with Gasteiger partial charge in [0.1, 0.15) is 6.10 Å². The lowest BCUT2D eigenvalue weighted by molar-refractivity contribution is -0.151. The fourth-order valence-electron chi connectivity index (χ4n) is 4.92. The van der Waals surface area contributed by atoms with E-state index in [1.165, 1.54) is 35.3 Å². The molecule has 2 fully saturated rings. The molecule has 2 aliphatic rings. The average molecular weight is 656 g/mol. The van der Waals surface area contributed by atoms with E-state index in [0.29, 0.717) is 57.9 Å². The van der Waals surface area contributed by atoms with Crippen molar-refractivity contribution < 1.29 is 37.0 Å². The summed E-state index contributed by atoms with van der Waals surface area (Å²) < 4.78 is 48.3. The molecule has 1 saturated heterocycles. The minimum absolute atomic E-state index is 0.114. The van der Waals surface area contributed by atoms with E-state index in [9.17, 15) is 18.4 Å². The van der Waals surface area contributed by atoms with Crippen LogP contribution < -0.4 is 9.47 Å². The minimum atomic E-state index is -3.04. The van der Waals surface area contributed by atoms with Gasteiger partial charge >= 0.3 is 12.6 Å². The summed E-state index contributed by atoms with van der Waals surface area (Å²) in [5.41, 5.74) is 2.22. The van der Waals surface area contributed by atoms with Gasteiger partial charge in [-0.15, -0.1) is 11.8 Å². The molecule has 1 amide bonds. The first-order valence-corrected chi connectivity index (χ1v) is 15.7. The van der Waals surface area contributed by atoms with E-state index in [4.69, 9.17) is 30.2 Å². The summed E-state index contributed by atoms with van der Waals surface area (Å²) in [6, 6.07) is 13.1. The second kappa shape index (κ2) is 13.9. The third-order valence-corrected chi connectivity index (χ3v) is 8.95. The predicted molar refractivity (Wildman–Crippen MR) is 162 cm³/mol. The summed E-state index contributed by atoms with van der Waals surface area (Å²) in [4.78, 5) is 36.8. The number of nitrogens with zero attached hydrogens (tertiary/aromatic N) is 3. The third-order valence-electron chi connectivity index (χ3n) is 7.43. The van der Waals surface area contributed by atoms with Crippen LogP contribution >= 0.6 is 23.4 Å². The molecule has 2 atom stereocenters. The Morgan fingerprint density at radius 2 is 1.96 bits per heavy atom. The number of pyridine rings is 1. The maximum atomic E-state index is 13.8. The van der Waals surface area contributed by atoms with Crippen LogP contribution in [0.5, 0.6) is 11.5 Å². The molecule has 0 bridgehead atoms. The zero-order valence-corrected chi connectivity index (χ0v) is 25.4. The lowest BCUT2D eigenvalue weighted by Crippen LogP contribution is -2.40. The maximum absolute atomic E-state index is 13.8. The second-order valence-electron chi connectivity index (χ2n) is 10.6. The number of oxazole rings is 1. The van der Waals surface area contributed by atoms with Crippen molar-refractivity contribution in [1.29, 1.82) is 0 Å². The van der Waals surface area contributed by atoms with E-state index < -0.39 is 24.1 Å². The highest BCUT2D eigenvalue weighted by molar-refractivity contribution is 8.00. The number of rotatable bonds is 12. The summed E-state index contributed by atoms with van der Waals surface area (Å²) in [7, 11) is 0. The van der Waals surface area contributed by atoms with Crippen LogP contribution in [-0.4, -0.2) is 57.6 Å². The molecular weight excluding hydrogens is 628 g/mol. The Kier molecular flexibility index (Phi) is 9.50. The first kappa shape index (κ1) is 30.8. The van der Waals surface area contributed by atoms with Crippen molar-refractivity contribution >= 4 is 35.2 Å². The van der Waals surface area contributed by atoms with Gasteiger partial charge in [0.25, 0.3) is 5.91 Å². The molecule has 1 aliphatic heterocycles. The zero-order valence-electron chi connectivity index (χ0n) is 23.8. The van der Waals surface area contributed by atoms with Gasteiger partial charge in [-0.3, -0.25) is 9.78 Å².